The summed E-state index contributed by atoms with van der Waals surface area (Å²) >= 11 is 0. The number of hydrogen-bond acceptors (Lipinski definition) is 2. The average molecular weight is 324 g/mol. The van der Waals surface area contributed by atoms with Crippen molar-refractivity contribution in [3.63, 3.8) is 0 Å². The fraction of sp³-hybridized carbons (Fsp3) is 0.545. The Morgan fingerprint density at radius 3 is 2.33 bits per heavy atom. The second-order valence-corrected chi connectivity index (χ2v) is 8.02. The summed E-state index contributed by atoms with van der Waals surface area (Å²) in [6.45, 7) is 8.37. The Morgan fingerprint density at radius 1 is 1.04 bits per heavy atom. The molecule has 24 heavy (non-hydrogen) atoms. The van der Waals surface area contributed by atoms with E-state index in [1.165, 1.54) is 31.2 Å². The molecule has 0 bridgehead atoms. The fourth-order valence-electron chi connectivity index (χ4n) is 4.78. The van der Waals surface area contributed by atoms with Crippen LogP contribution >= 0.6 is 0 Å². The average Bonchev–Trinajstić information content (AvgIpc) is 2.74. The van der Waals surface area contributed by atoms with E-state index >= 15 is 0 Å². The molecule has 0 aromatic heterocycles. The Kier molecular flexibility index (Phi) is 4.76. The van der Waals surface area contributed by atoms with E-state index in [1.807, 2.05) is 13.8 Å². The highest BCUT2D eigenvalue weighted by Gasteiger charge is 2.38. The maximum atomic E-state index is 13.0. The van der Waals surface area contributed by atoms with E-state index in [0.717, 1.165) is 34.6 Å². The Hall–Kier alpha value is -1.70. The lowest BCUT2D eigenvalue weighted by Crippen LogP contribution is -2.19. The van der Waals surface area contributed by atoms with Crippen LogP contribution < -0.4 is 0 Å². The first-order valence-electron chi connectivity index (χ1n) is 9.23. The highest BCUT2D eigenvalue weighted by molar-refractivity contribution is 6.25. The van der Waals surface area contributed by atoms with Gasteiger partial charge in [-0.25, -0.2) is 0 Å². The number of hydrogen-bond donors (Lipinski definition) is 0. The first kappa shape index (κ1) is 17.1. The molecule has 0 aliphatic heterocycles. The Balaban J connectivity index is 1.82. The van der Waals surface area contributed by atoms with Gasteiger partial charge in [-0.05, 0) is 68.2 Å². The first-order valence-corrected chi connectivity index (χ1v) is 9.23. The van der Waals surface area contributed by atoms with Gasteiger partial charge in [0.15, 0.2) is 11.6 Å². The zero-order valence-corrected chi connectivity index (χ0v) is 15.3. The van der Waals surface area contributed by atoms with Gasteiger partial charge in [0, 0.05) is 5.57 Å². The van der Waals surface area contributed by atoms with Gasteiger partial charge in [-0.3, -0.25) is 9.59 Å². The smallest absolute Gasteiger partial charge is 0.174 e. The van der Waals surface area contributed by atoms with Crippen LogP contribution in [0.3, 0.4) is 0 Å². The minimum absolute atomic E-state index is 0.0195. The summed E-state index contributed by atoms with van der Waals surface area (Å²) in [6.07, 6.45) is 7.36. The van der Waals surface area contributed by atoms with Gasteiger partial charge < -0.3 is 0 Å². The van der Waals surface area contributed by atoms with Crippen LogP contribution in [-0.2, 0) is 9.59 Å². The molecule has 2 nitrogen and oxygen atoms in total. The standard InChI is InChI=1S/C22H28O2/c1-13-6-5-7-17(10-13)11-18-12-19(23)21(22(18)24)20-15(3)8-14(2)9-16(20)4/h8-9,12-13,17,21H,5-7,10-11H2,1-4H3. The molecule has 1 fully saturated rings. The molecule has 0 spiro atoms. The Morgan fingerprint density at radius 2 is 1.71 bits per heavy atom. The summed E-state index contributed by atoms with van der Waals surface area (Å²) in [5.74, 6) is 0.744. The van der Waals surface area contributed by atoms with Gasteiger partial charge >= 0.3 is 0 Å². The van der Waals surface area contributed by atoms with Gasteiger partial charge in [-0.15, -0.1) is 0 Å². The zero-order valence-electron chi connectivity index (χ0n) is 15.3. The van der Waals surface area contributed by atoms with Crippen molar-refractivity contribution in [1.82, 2.24) is 0 Å². The topological polar surface area (TPSA) is 34.1 Å². The van der Waals surface area contributed by atoms with E-state index in [1.54, 1.807) is 6.08 Å². The van der Waals surface area contributed by atoms with Crippen LogP contribution in [0.1, 0.15) is 67.2 Å². The SMILES string of the molecule is Cc1cc(C)c(C2C(=O)C=C(CC3CCCC(C)C3)C2=O)c(C)c1. The predicted molar refractivity (Wildman–Crippen MR) is 97.2 cm³/mol. The number of aryl methyl sites for hydroxylation is 3. The summed E-state index contributed by atoms with van der Waals surface area (Å²) in [6, 6.07) is 4.15. The van der Waals surface area contributed by atoms with Crippen molar-refractivity contribution in [1.29, 1.82) is 0 Å². The Labute approximate surface area is 145 Å². The second kappa shape index (κ2) is 6.66. The normalized spacial score (nSPS) is 27.5. The maximum absolute atomic E-state index is 13.0. The quantitative estimate of drug-likeness (QED) is 0.734. The largest absolute Gasteiger partial charge is 0.294 e. The molecule has 0 amide bonds. The molecule has 3 rings (SSSR count). The molecule has 0 N–H and O–H groups in total. The number of ketones is 2. The van der Waals surface area contributed by atoms with Gasteiger partial charge in [-0.2, -0.15) is 0 Å². The zero-order chi connectivity index (χ0) is 17.4. The van der Waals surface area contributed by atoms with Crippen LogP contribution in [0.25, 0.3) is 0 Å². The lowest BCUT2D eigenvalue weighted by molar-refractivity contribution is -0.123. The molecule has 2 heteroatoms. The minimum Gasteiger partial charge on any atom is -0.294 e. The van der Waals surface area contributed by atoms with Crippen molar-refractivity contribution in [2.75, 3.05) is 0 Å². The van der Waals surface area contributed by atoms with Crippen LogP contribution in [-0.4, -0.2) is 11.6 Å². The van der Waals surface area contributed by atoms with Crippen molar-refractivity contribution in [2.24, 2.45) is 11.8 Å². The number of carbonyl (C=O) groups is 2. The highest BCUT2D eigenvalue weighted by atomic mass is 16.2. The molecular weight excluding hydrogens is 296 g/mol. The number of benzene rings is 1. The number of allylic oxidation sites excluding steroid dienone is 2. The molecule has 2 aliphatic rings. The number of carbonyl (C=O) groups excluding carboxylic acids is 2. The molecule has 1 aromatic carbocycles. The lowest BCUT2D eigenvalue weighted by Gasteiger charge is -2.27. The monoisotopic (exact) mass is 324 g/mol. The van der Waals surface area contributed by atoms with Crippen LogP contribution in [0.2, 0.25) is 0 Å². The van der Waals surface area contributed by atoms with Crippen LogP contribution in [0, 0.1) is 32.6 Å². The molecule has 0 heterocycles. The molecule has 0 radical (unpaired) electrons. The molecule has 1 saturated carbocycles. The molecule has 128 valence electrons. The third-order valence-corrected chi connectivity index (χ3v) is 5.76. The van der Waals surface area contributed by atoms with Crippen molar-refractivity contribution in [3.8, 4) is 0 Å². The summed E-state index contributed by atoms with van der Waals surface area (Å²) in [4.78, 5) is 25.6. The van der Waals surface area contributed by atoms with Crippen molar-refractivity contribution < 1.29 is 9.59 Å². The summed E-state index contributed by atoms with van der Waals surface area (Å²) in [5.41, 5.74) is 4.98. The van der Waals surface area contributed by atoms with E-state index in [-0.39, 0.29) is 11.6 Å². The van der Waals surface area contributed by atoms with Gasteiger partial charge in [-0.1, -0.05) is 43.9 Å². The van der Waals surface area contributed by atoms with Crippen LogP contribution in [0.15, 0.2) is 23.8 Å². The summed E-state index contributed by atoms with van der Waals surface area (Å²) in [7, 11) is 0. The van der Waals surface area contributed by atoms with E-state index < -0.39 is 5.92 Å². The van der Waals surface area contributed by atoms with Crippen LogP contribution in [0.4, 0.5) is 0 Å². The van der Waals surface area contributed by atoms with E-state index in [0.29, 0.717) is 5.92 Å². The van der Waals surface area contributed by atoms with Gasteiger partial charge in [0.2, 0.25) is 0 Å². The van der Waals surface area contributed by atoms with Gasteiger partial charge in [0.05, 0.1) is 0 Å². The van der Waals surface area contributed by atoms with Gasteiger partial charge in [0.25, 0.3) is 0 Å². The second-order valence-electron chi connectivity index (χ2n) is 8.02. The number of rotatable bonds is 3. The van der Waals surface area contributed by atoms with Gasteiger partial charge in [0.1, 0.15) is 5.92 Å². The van der Waals surface area contributed by atoms with Crippen molar-refractivity contribution >= 4 is 11.6 Å². The van der Waals surface area contributed by atoms with E-state index in [2.05, 4.69) is 26.0 Å². The van der Waals surface area contributed by atoms with Crippen molar-refractivity contribution in [2.45, 2.75) is 65.7 Å². The van der Waals surface area contributed by atoms with E-state index in [9.17, 15) is 9.59 Å². The molecule has 1 aromatic rings. The predicted octanol–water partition coefficient (Wildman–Crippen LogP) is 4.99. The lowest BCUT2D eigenvalue weighted by atomic mass is 9.78. The van der Waals surface area contributed by atoms with Crippen LogP contribution in [0.5, 0.6) is 0 Å². The summed E-state index contributed by atoms with van der Waals surface area (Å²) in [5, 5.41) is 0. The Bertz CT molecular complexity index is 688. The minimum atomic E-state index is -0.596. The third kappa shape index (κ3) is 3.24. The fourth-order valence-corrected chi connectivity index (χ4v) is 4.78. The van der Waals surface area contributed by atoms with Crippen molar-refractivity contribution in [3.05, 3.63) is 46.0 Å². The molecular formula is C22H28O2. The summed E-state index contributed by atoms with van der Waals surface area (Å²) < 4.78 is 0. The highest BCUT2D eigenvalue weighted by Crippen LogP contribution is 2.38. The molecule has 2 aliphatic carbocycles. The first-order chi connectivity index (χ1) is 11.4. The van der Waals surface area contributed by atoms with E-state index in [4.69, 9.17) is 0 Å². The molecule has 3 unspecified atom stereocenters. The maximum Gasteiger partial charge on any atom is 0.174 e. The number of Topliss-reactive ketones (excluding diaryl/α,β-unsaturated/α-hetero) is 1. The molecule has 3 atom stereocenters. The molecule has 0 saturated heterocycles. The third-order valence-electron chi connectivity index (χ3n) is 5.76.